The standard InChI is InChI=1S/C12H11FN6/c1-2-19-16-12(15-17-19)9-7-14-18(8-9)11-6-4-3-5-10(11)13/h3-8H,2H2,1H3. The van der Waals surface area contributed by atoms with Gasteiger partial charge in [0, 0.05) is 6.20 Å². The van der Waals surface area contributed by atoms with Crippen molar-refractivity contribution in [1.82, 2.24) is 30.0 Å². The fourth-order valence-corrected chi connectivity index (χ4v) is 1.70. The summed E-state index contributed by atoms with van der Waals surface area (Å²) in [5, 5.41) is 16.1. The quantitative estimate of drug-likeness (QED) is 0.717. The highest BCUT2D eigenvalue weighted by molar-refractivity contribution is 5.52. The number of aromatic nitrogens is 6. The Kier molecular flexibility index (Phi) is 2.79. The van der Waals surface area contributed by atoms with Gasteiger partial charge < -0.3 is 0 Å². The van der Waals surface area contributed by atoms with Crippen LogP contribution in [-0.2, 0) is 6.54 Å². The molecule has 0 aliphatic carbocycles. The number of para-hydroxylation sites is 1. The van der Waals surface area contributed by atoms with Gasteiger partial charge in [0.05, 0.1) is 18.3 Å². The van der Waals surface area contributed by atoms with Crippen LogP contribution in [0.1, 0.15) is 6.92 Å². The van der Waals surface area contributed by atoms with E-state index in [4.69, 9.17) is 0 Å². The van der Waals surface area contributed by atoms with Gasteiger partial charge >= 0.3 is 0 Å². The molecule has 3 aromatic rings. The van der Waals surface area contributed by atoms with E-state index in [0.29, 0.717) is 23.6 Å². The fourth-order valence-electron chi connectivity index (χ4n) is 1.70. The molecule has 96 valence electrons. The first-order valence-electron chi connectivity index (χ1n) is 5.85. The molecule has 0 spiro atoms. The Morgan fingerprint density at radius 2 is 2.11 bits per heavy atom. The predicted octanol–water partition coefficient (Wildman–Crippen LogP) is 1.68. The largest absolute Gasteiger partial charge is 0.237 e. The summed E-state index contributed by atoms with van der Waals surface area (Å²) in [6, 6.07) is 6.44. The third kappa shape index (κ3) is 2.10. The number of benzene rings is 1. The Bertz CT molecular complexity index is 702. The first kappa shape index (κ1) is 11.5. The number of tetrazole rings is 1. The highest BCUT2D eigenvalue weighted by Gasteiger charge is 2.10. The predicted molar refractivity (Wildman–Crippen MR) is 66.0 cm³/mol. The van der Waals surface area contributed by atoms with Gasteiger partial charge in [-0.3, -0.25) is 0 Å². The van der Waals surface area contributed by atoms with Crippen LogP contribution < -0.4 is 0 Å². The number of nitrogens with zero attached hydrogens (tertiary/aromatic N) is 6. The molecule has 0 atom stereocenters. The van der Waals surface area contributed by atoms with Gasteiger partial charge in [0.1, 0.15) is 11.5 Å². The average molecular weight is 258 g/mol. The lowest BCUT2D eigenvalue weighted by Crippen LogP contribution is -1.98. The van der Waals surface area contributed by atoms with Gasteiger partial charge in [-0.15, -0.1) is 10.2 Å². The number of hydrogen-bond acceptors (Lipinski definition) is 4. The van der Waals surface area contributed by atoms with Gasteiger partial charge in [-0.2, -0.15) is 9.90 Å². The number of hydrogen-bond donors (Lipinski definition) is 0. The summed E-state index contributed by atoms with van der Waals surface area (Å²) in [4.78, 5) is 1.48. The van der Waals surface area contributed by atoms with Crippen LogP contribution in [0.25, 0.3) is 17.1 Å². The highest BCUT2D eigenvalue weighted by atomic mass is 19.1. The van der Waals surface area contributed by atoms with E-state index in [1.807, 2.05) is 6.92 Å². The van der Waals surface area contributed by atoms with Crippen LogP contribution in [0.3, 0.4) is 0 Å². The molecule has 2 aromatic heterocycles. The van der Waals surface area contributed by atoms with Crippen LogP contribution in [0.4, 0.5) is 4.39 Å². The Balaban J connectivity index is 1.97. The van der Waals surface area contributed by atoms with Crippen molar-refractivity contribution in [1.29, 1.82) is 0 Å². The molecule has 7 heteroatoms. The molecule has 0 N–H and O–H groups in total. The lowest BCUT2D eigenvalue weighted by molar-refractivity contribution is 0.553. The summed E-state index contributed by atoms with van der Waals surface area (Å²) >= 11 is 0. The van der Waals surface area contributed by atoms with E-state index in [9.17, 15) is 4.39 Å². The van der Waals surface area contributed by atoms with E-state index < -0.39 is 0 Å². The molecule has 0 saturated heterocycles. The molecule has 19 heavy (non-hydrogen) atoms. The van der Waals surface area contributed by atoms with E-state index in [0.717, 1.165) is 0 Å². The monoisotopic (exact) mass is 258 g/mol. The van der Waals surface area contributed by atoms with Crippen LogP contribution in [0, 0.1) is 5.82 Å². The SMILES string of the molecule is CCn1nnc(-c2cnn(-c3ccccc3F)c2)n1. The van der Waals surface area contributed by atoms with E-state index in [-0.39, 0.29) is 5.82 Å². The molecular formula is C12H11FN6. The van der Waals surface area contributed by atoms with Crippen molar-refractivity contribution >= 4 is 0 Å². The summed E-state index contributed by atoms with van der Waals surface area (Å²) in [6.07, 6.45) is 3.26. The molecule has 0 saturated carbocycles. The second-order valence-electron chi connectivity index (χ2n) is 3.93. The van der Waals surface area contributed by atoms with Crippen LogP contribution in [0.15, 0.2) is 36.7 Å². The highest BCUT2D eigenvalue weighted by Crippen LogP contribution is 2.17. The van der Waals surface area contributed by atoms with E-state index in [1.165, 1.54) is 15.5 Å². The Morgan fingerprint density at radius 1 is 1.26 bits per heavy atom. The molecule has 0 aliphatic heterocycles. The first-order chi connectivity index (χ1) is 9.28. The summed E-state index contributed by atoms with van der Waals surface area (Å²) in [5.41, 5.74) is 1.08. The summed E-state index contributed by atoms with van der Waals surface area (Å²) in [6.45, 7) is 2.57. The molecule has 0 bridgehead atoms. The second-order valence-corrected chi connectivity index (χ2v) is 3.93. The van der Waals surface area contributed by atoms with Gasteiger partial charge in [-0.25, -0.2) is 9.07 Å². The summed E-state index contributed by atoms with van der Waals surface area (Å²) in [5.74, 6) is 0.145. The second kappa shape index (κ2) is 4.60. The maximum Gasteiger partial charge on any atom is 0.208 e. The van der Waals surface area contributed by atoms with Crippen molar-refractivity contribution < 1.29 is 4.39 Å². The van der Waals surface area contributed by atoms with Crippen molar-refractivity contribution in [2.45, 2.75) is 13.5 Å². The molecule has 0 unspecified atom stereocenters. The lowest BCUT2D eigenvalue weighted by atomic mass is 10.3. The van der Waals surface area contributed by atoms with E-state index in [2.05, 4.69) is 20.5 Å². The van der Waals surface area contributed by atoms with Gasteiger partial charge in [-0.05, 0) is 24.3 Å². The minimum Gasteiger partial charge on any atom is -0.237 e. The zero-order chi connectivity index (χ0) is 13.2. The topological polar surface area (TPSA) is 61.4 Å². The molecule has 0 radical (unpaired) electrons. The summed E-state index contributed by atoms with van der Waals surface area (Å²) in [7, 11) is 0. The molecule has 0 fully saturated rings. The Morgan fingerprint density at radius 3 is 2.84 bits per heavy atom. The van der Waals surface area contributed by atoms with Crippen molar-refractivity contribution in [2.24, 2.45) is 0 Å². The molecule has 0 amide bonds. The van der Waals surface area contributed by atoms with Gasteiger partial charge in [-0.1, -0.05) is 12.1 Å². The van der Waals surface area contributed by atoms with Crippen molar-refractivity contribution in [3.8, 4) is 17.1 Å². The fraction of sp³-hybridized carbons (Fsp3) is 0.167. The Labute approximate surface area is 108 Å². The van der Waals surface area contributed by atoms with Gasteiger partial charge in [0.2, 0.25) is 5.82 Å². The van der Waals surface area contributed by atoms with Crippen LogP contribution in [0.2, 0.25) is 0 Å². The van der Waals surface area contributed by atoms with Crippen LogP contribution >= 0.6 is 0 Å². The maximum atomic E-state index is 13.6. The van der Waals surface area contributed by atoms with Crippen molar-refractivity contribution in [3.05, 3.63) is 42.5 Å². The zero-order valence-electron chi connectivity index (χ0n) is 10.2. The molecule has 2 heterocycles. The van der Waals surface area contributed by atoms with Crippen molar-refractivity contribution in [2.75, 3.05) is 0 Å². The number of halogens is 1. The molecule has 6 nitrogen and oxygen atoms in total. The minimum atomic E-state index is -0.331. The average Bonchev–Trinajstić information content (AvgIpc) is 3.08. The number of aryl methyl sites for hydroxylation is 1. The van der Waals surface area contributed by atoms with E-state index in [1.54, 1.807) is 30.6 Å². The van der Waals surface area contributed by atoms with E-state index >= 15 is 0 Å². The molecule has 0 aliphatic rings. The molecule has 3 rings (SSSR count). The smallest absolute Gasteiger partial charge is 0.208 e. The number of rotatable bonds is 3. The van der Waals surface area contributed by atoms with Gasteiger partial charge in [0.15, 0.2) is 0 Å². The minimum absolute atomic E-state index is 0.331. The lowest BCUT2D eigenvalue weighted by Gasteiger charge is -2.01. The molecule has 1 aromatic carbocycles. The van der Waals surface area contributed by atoms with Crippen LogP contribution in [-0.4, -0.2) is 30.0 Å². The third-order valence-corrected chi connectivity index (χ3v) is 2.68. The van der Waals surface area contributed by atoms with Crippen LogP contribution in [0.5, 0.6) is 0 Å². The third-order valence-electron chi connectivity index (χ3n) is 2.68. The summed E-state index contributed by atoms with van der Waals surface area (Å²) < 4.78 is 15.1. The first-order valence-corrected chi connectivity index (χ1v) is 5.85. The normalized spacial score (nSPS) is 10.8. The van der Waals surface area contributed by atoms with Gasteiger partial charge in [0.25, 0.3) is 0 Å². The maximum absolute atomic E-state index is 13.6. The Hall–Kier alpha value is -2.57. The van der Waals surface area contributed by atoms with Crippen molar-refractivity contribution in [3.63, 3.8) is 0 Å². The molecular weight excluding hydrogens is 247 g/mol. The zero-order valence-corrected chi connectivity index (χ0v) is 10.2.